The highest BCUT2D eigenvalue weighted by Gasteiger charge is 2.09. The normalized spacial score (nSPS) is 11.9. The molecule has 0 aliphatic rings. The summed E-state index contributed by atoms with van der Waals surface area (Å²) in [6, 6.07) is 13.9. The summed E-state index contributed by atoms with van der Waals surface area (Å²) in [5, 5.41) is 1.08. The first-order chi connectivity index (χ1) is 7.86. The van der Waals surface area contributed by atoms with Gasteiger partial charge in [0.25, 0.3) is 0 Å². The van der Waals surface area contributed by atoms with Gasteiger partial charge in [0.2, 0.25) is 4.70 Å². The lowest BCUT2D eigenvalue weighted by Crippen LogP contribution is -1.69. The molecule has 2 aromatic heterocycles. The number of fused-ring (bicyclic) bond motifs is 3. The third-order valence-corrected chi connectivity index (χ3v) is 4.82. The molecule has 16 heavy (non-hydrogen) atoms. The molecule has 1 atom stereocenters. The number of hydrogen-bond acceptors (Lipinski definition) is 2. The van der Waals surface area contributed by atoms with Gasteiger partial charge in [-0.05, 0) is 24.3 Å². The number of nitrogens with one attached hydrogen (secondary N) is 1. The van der Waals surface area contributed by atoms with Gasteiger partial charge in [0.1, 0.15) is 0 Å². The lowest BCUT2D eigenvalue weighted by Gasteiger charge is -1.92. The maximum Gasteiger partial charge on any atom is 0.220 e. The number of aromatic nitrogens is 1. The summed E-state index contributed by atoms with van der Waals surface area (Å²) in [5.41, 5.74) is 0. The first-order valence-corrected chi connectivity index (χ1v) is 6.85. The van der Waals surface area contributed by atoms with E-state index in [1.807, 2.05) is 36.4 Å². The topological polar surface area (TPSA) is 38.8 Å². The van der Waals surface area contributed by atoms with Crippen molar-refractivity contribution >= 4 is 41.8 Å². The van der Waals surface area contributed by atoms with Gasteiger partial charge in [0.05, 0.1) is 10.1 Å². The summed E-state index contributed by atoms with van der Waals surface area (Å²) in [6.45, 7) is 0. The zero-order valence-electron chi connectivity index (χ0n) is 8.34. The second-order valence-electron chi connectivity index (χ2n) is 3.40. The quantitative estimate of drug-likeness (QED) is 0.593. The smallest absolute Gasteiger partial charge is 0.220 e. The van der Waals surface area contributed by atoms with Crippen molar-refractivity contribution < 1.29 is 4.55 Å². The molecule has 0 bridgehead atoms. The molecular weight excluding hydrogens is 238 g/mol. The highest BCUT2D eigenvalue weighted by atomic mass is 32.2. The molecule has 4 heteroatoms. The highest BCUT2D eigenvalue weighted by molar-refractivity contribution is 7.34. The maximum absolute atomic E-state index is 12.1. The Labute approximate surface area is 99.4 Å². The van der Waals surface area contributed by atoms with E-state index in [0.717, 1.165) is 14.8 Å². The Hall–Kier alpha value is -1.36. The van der Waals surface area contributed by atoms with Crippen molar-refractivity contribution in [2.24, 2.45) is 0 Å². The number of rotatable bonds is 0. The van der Waals surface area contributed by atoms with Crippen LogP contribution in [0.4, 0.5) is 0 Å². The number of H-pyrrole nitrogens is 1. The van der Waals surface area contributed by atoms with Crippen LogP contribution < -0.4 is 0 Å². The summed E-state index contributed by atoms with van der Waals surface area (Å²) in [6.07, 6.45) is 1.71. The fourth-order valence-corrected chi connectivity index (χ4v) is 4.08. The Morgan fingerprint density at radius 1 is 1.00 bits per heavy atom. The van der Waals surface area contributed by atoms with Gasteiger partial charge >= 0.3 is 0 Å². The molecule has 0 aliphatic carbocycles. The molecule has 0 saturated carbocycles. The van der Waals surface area contributed by atoms with E-state index in [9.17, 15) is 4.55 Å². The molecule has 3 rings (SSSR count). The van der Waals surface area contributed by atoms with Gasteiger partial charge in [0.15, 0.2) is 0 Å². The average molecular weight is 247 g/mol. The van der Waals surface area contributed by atoms with E-state index in [1.165, 1.54) is 4.70 Å². The van der Waals surface area contributed by atoms with E-state index >= 15 is 0 Å². The lowest BCUT2D eigenvalue weighted by atomic mass is 10.2. The maximum atomic E-state index is 12.1. The fraction of sp³-hybridized carbons (Fsp3) is 0. The summed E-state index contributed by atoms with van der Waals surface area (Å²) < 4.78 is 18.1. The van der Waals surface area contributed by atoms with Gasteiger partial charge in [0, 0.05) is 21.8 Å². The minimum absolute atomic E-state index is 0.890. The van der Waals surface area contributed by atoms with Gasteiger partial charge in [-0.15, -0.1) is 11.3 Å². The second kappa shape index (κ2) is 3.90. The number of hydrogen-bond donors (Lipinski definition) is 1. The molecule has 1 unspecified atom stereocenters. The van der Waals surface area contributed by atoms with Crippen molar-refractivity contribution in [2.45, 2.75) is 0 Å². The summed E-state index contributed by atoms with van der Waals surface area (Å²) >= 11 is 1.67. The van der Waals surface area contributed by atoms with Crippen LogP contribution in [0.3, 0.4) is 0 Å². The largest absolute Gasteiger partial charge is 0.570 e. The van der Waals surface area contributed by atoms with Crippen LogP contribution in [0, 0.1) is 0 Å². The van der Waals surface area contributed by atoms with E-state index in [0.29, 0.717) is 0 Å². The molecule has 80 valence electrons. The van der Waals surface area contributed by atoms with Crippen LogP contribution in [0.15, 0.2) is 48.7 Å². The third-order valence-electron chi connectivity index (χ3n) is 2.39. The zero-order chi connectivity index (χ0) is 11.0. The predicted octanol–water partition coefficient (Wildman–Crippen LogP) is 4.23. The summed E-state index contributed by atoms with van der Waals surface area (Å²) in [4.78, 5) is 0. The Kier molecular flexibility index (Phi) is 2.40. The summed E-state index contributed by atoms with van der Waals surface area (Å²) in [5.74, 6) is 0. The second-order valence-corrected chi connectivity index (χ2v) is 5.66. The molecule has 0 saturated heterocycles. The number of benzene rings is 1. The standard InChI is InChI=1S/C12H9NOS2/c14-16-12-9-5-1-2-6-10(9)15-11(12)7-3-4-8-13-16/h1-8,13H. The van der Waals surface area contributed by atoms with E-state index in [4.69, 9.17) is 0 Å². The molecule has 0 fully saturated rings. The Bertz CT molecular complexity index is 691. The molecule has 2 nitrogen and oxygen atoms in total. The highest BCUT2D eigenvalue weighted by Crippen LogP contribution is 2.37. The molecule has 3 aromatic rings. The van der Waals surface area contributed by atoms with Gasteiger partial charge in [-0.25, -0.2) is 0 Å². The van der Waals surface area contributed by atoms with Gasteiger partial charge in [-0.1, -0.05) is 18.2 Å². The molecule has 0 radical (unpaired) electrons. The Balaban J connectivity index is 2.62. The first kappa shape index (κ1) is 9.84. The molecule has 0 spiro atoms. The van der Waals surface area contributed by atoms with Crippen molar-refractivity contribution in [3.05, 3.63) is 48.7 Å². The van der Waals surface area contributed by atoms with Crippen molar-refractivity contribution in [1.29, 1.82) is 0 Å². The van der Waals surface area contributed by atoms with E-state index in [-0.39, 0.29) is 0 Å². The third kappa shape index (κ3) is 1.51. The molecule has 1 N–H and O–H groups in total. The van der Waals surface area contributed by atoms with Crippen LogP contribution >= 0.6 is 22.3 Å². The number of thiophene rings is 1. The van der Waals surface area contributed by atoms with Crippen molar-refractivity contribution in [3.8, 4) is 0 Å². The van der Waals surface area contributed by atoms with Gasteiger partial charge < -0.3 is 4.55 Å². The Morgan fingerprint density at radius 3 is 2.69 bits per heavy atom. The minimum Gasteiger partial charge on any atom is -0.570 e. The fourth-order valence-electron chi connectivity index (χ4n) is 1.70. The molecule has 2 heterocycles. The minimum atomic E-state index is -1.16. The van der Waals surface area contributed by atoms with E-state index in [1.54, 1.807) is 17.5 Å². The molecule has 0 aliphatic heterocycles. The van der Waals surface area contributed by atoms with Crippen LogP contribution in [0.25, 0.3) is 19.5 Å². The Morgan fingerprint density at radius 2 is 1.75 bits per heavy atom. The van der Waals surface area contributed by atoms with Gasteiger partial charge in [-0.2, -0.15) is 4.37 Å². The molecule has 0 amide bonds. The van der Waals surface area contributed by atoms with Crippen molar-refractivity contribution in [2.75, 3.05) is 0 Å². The average Bonchev–Trinajstić information content (AvgIpc) is 2.63. The van der Waals surface area contributed by atoms with Crippen molar-refractivity contribution in [3.63, 3.8) is 0 Å². The first-order valence-electron chi connectivity index (χ1n) is 4.89. The van der Waals surface area contributed by atoms with Crippen LogP contribution in [-0.4, -0.2) is 8.93 Å². The van der Waals surface area contributed by atoms with E-state index < -0.39 is 10.9 Å². The molecular formula is C12H9NOS2. The van der Waals surface area contributed by atoms with E-state index in [2.05, 4.69) is 10.4 Å². The zero-order valence-corrected chi connectivity index (χ0v) is 9.98. The monoisotopic (exact) mass is 247 g/mol. The van der Waals surface area contributed by atoms with Crippen LogP contribution in [0.5, 0.6) is 0 Å². The van der Waals surface area contributed by atoms with Gasteiger partial charge in [-0.3, -0.25) is 0 Å². The molecule has 1 aromatic carbocycles. The SMILES string of the molecule is [O-][s+]1[nH]ccccc2sc3ccccc3c21. The lowest BCUT2D eigenvalue weighted by molar-refractivity contribution is 0.593. The van der Waals surface area contributed by atoms with Crippen LogP contribution in [0.2, 0.25) is 0 Å². The number of aromatic amines is 1. The van der Waals surface area contributed by atoms with Crippen molar-refractivity contribution in [1.82, 2.24) is 4.37 Å². The summed E-state index contributed by atoms with van der Waals surface area (Å²) in [7, 11) is -1.16. The van der Waals surface area contributed by atoms with Crippen LogP contribution in [-0.2, 0) is 0 Å². The van der Waals surface area contributed by atoms with Crippen LogP contribution in [0.1, 0.15) is 0 Å². The predicted molar refractivity (Wildman–Crippen MR) is 70.0 cm³/mol.